The third kappa shape index (κ3) is 3.11. The fourth-order valence-corrected chi connectivity index (χ4v) is 2.50. The number of nitriles is 1. The predicted molar refractivity (Wildman–Crippen MR) is 65.2 cm³/mol. The summed E-state index contributed by atoms with van der Waals surface area (Å²) in [5.41, 5.74) is -0.233. The lowest BCUT2D eigenvalue weighted by molar-refractivity contribution is 0.414. The third-order valence-electron chi connectivity index (χ3n) is 2.32. The highest BCUT2D eigenvalue weighted by Gasteiger charge is 2.24. The van der Waals surface area contributed by atoms with Crippen molar-refractivity contribution in [3.8, 4) is 11.8 Å². The van der Waals surface area contributed by atoms with E-state index in [1.54, 1.807) is 13.0 Å². The Hall–Kier alpha value is -1.81. The molecular weight excluding hydrogens is 259 g/mol. The van der Waals surface area contributed by atoms with Crippen LogP contribution in [-0.4, -0.2) is 20.8 Å². The predicted octanol–water partition coefficient (Wildman–Crippen LogP) is 1.88. The third-order valence-corrected chi connectivity index (χ3v) is 4.01. The van der Waals surface area contributed by atoms with E-state index in [0.29, 0.717) is 5.75 Å². The summed E-state index contributed by atoms with van der Waals surface area (Å²) < 4.78 is 43.9. The first-order valence-electron chi connectivity index (χ1n) is 5.19. The minimum Gasteiger partial charge on any atom is -0.497 e. The smallest absolute Gasteiger partial charge is 0.249 e. The van der Waals surface area contributed by atoms with Gasteiger partial charge in [-0.2, -0.15) is 5.26 Å². The Morgan fingerprint density at radius 1 is 1.56 bits per heavy atom. The van der Waals surface area contributed by atoms with E-state index >= 15 is 0 Å². The second-order valence-corrected chi connectivity index (χ2v) is 5.38. The van der Waals surface area contributed by atoms with Gasteiger partial charge in [-0.05, 0) is 18.6 Å². The van der Waals surface area contributed by atoms with E-state index in [4.69, 9.17) is 10.00 Å². The molecule has 0 saturated carbocycles. The van der Waals surface area contributed by atoms with Crippen LogP contribution in [0.3, 0.4) is 0 Å². The minimum atomic E-state index is -3.93. The molecule has 0 spiro atoms. The van der Waals surface area contributed by atoms with Crippen molar-refractivity contribution in [2.24, 2.45) is 0 Å². The van der Waals surface area contributed by atoms with E-state index in [1.165, 1.54) is 19.2 Å². The van der Waals surface area contributed by atoms with Gasteiger partial charge in [0.05, 0.1) is 18.9 Å². The molecule has 98 valence electrons. The van der Waals surface area contributed by atoms with Crippen LogP contribution < -0.4 is 9.46 Å². The molecule has 0 bridgehead atoms. The van der Waals surface area contributed by atoms with Gasteiger partial charge in [-0.25, -0.2) is 12.8 Å². The van der Waals surface area contributed by atoms with Gasteiger partial charge in [-0.15, -0.1) is 0 Å². The van der Waals surface area contributed by atoms with Crippen LogP contribution in [0.25, 0.3) is 0 Å². The van der Waals surface area contributed by atoms with Gasteiger partial charge < -0.3 is 4.74 Å². The number of methoxy groups -OCH3 is 1. The number of nitrogens with zero attached hydrogens (tertiary/aromatic N) is 1. The van der Waals surface area contributed by atoms with Crippen molar-refractivity contribution in [2.45, 2.75) is 18.6 Å². The molecule has 7 heteroatoms. The van der Waals surface area contributed by atoms with E-state index in [0.717, 1.165) is 6.07 Å². The monoisotopic (exact) mass is 272 g/mol. The number of ether oxygens (including phenoxy) is 1. The van der Waals surface area contributed by atoms with Crippen molar-refractivity contribution in [1.82, 2.24) is 0 Å². The van der Waals surface area contributed by atoms with Crippen molar-refractivity contribution in [3.63, 3.8) is 0 Å². The number of anilines is 1. The van der Waals surface area contributed by atoms with Crippen LogP contribution in [-0.2, 0) is 10.0 Å². The minimum absolute atomic E-state index is 0.122. The number of rotatable bonds is 5. The summed E-state index contributed by atoms with van der Waals surface area (Å²) in [5.74, 6) is -0.411. The van der Waals surface area contributed by atoms with Gasteiger partial charge in [0, 0.05) is 6.07 Å². The van der Waals surface area contributed by atoms with Crippen LogP contribution >= 0.6 is 0 Å². The molecule has 5 nitrogen and oxygen atoms in total. The molecule has 0 aliphatic rings. The molecule has 0 aromatic heterocycles. The Balaban J connectivity index is 3.08. The number of halogens is 1. The zero-order valence-electron chi connectivity index (χ0n) is 9.97. The van der Waals surface area contributed by atoms with E-state index in [1.807, 2.05) is 0 Å². The molecule has 0 heterocycles. The van der Waals surface area contributed by atoms with Gasteiger partial charge in [0.25, 0.3) is 0 Å². The normalized spacial score (nSPS) is 12.6. The second-order valence-electron chi connectivity index (χ2n) is 3.52. The fourth-order valence-electron chi connectivity index (χ4n) is 1.31. The Bertz CT molecular complexity index is 566. The lowest BCUT2D eigenvalue weighted by atomic mass is 10.3. The van der Waals surface area contributed by atoms with Gasteiger partial charge in [0.1, 0.15) is 11.6 Å². The average molecular weight is 272 g/mol. The number of hydrogen-bond acceptors (Lipinski definition) is 4. The molecule has 1 unspecified atom stereocenters. The number of benzene rings is 1. The summed E-state index contributed by atoms with van der Waals surface area (Å²) >= 11 is 0. The highest BCUT2D eigenvalue weighted by molar-refractivity contribution is 7.93. The summed E-state index contributed by atoms with van der Waals surface area (Å²) in [7, 11) is -2.55. The van der Waals surface area contributed by atoms with Crippen LogP contribution in [0.5, 0.6) is 5.75 Å². The second kappa shape index (κ2) is 5.69. The van der Waals surface area contributed by atoms with Crippen molar-refractivity contribution < 1.29 is 17.5 Å². The Labute approximate surface area is 105 Å². The van der Waals surface area contributed by atoms with Crippen LogP contribution in [0.2, 0.25) is 0 Å². The van der Waals surface area contributed by atoms with Crippen LogP contribution in [0.1, 0.15) is 13.3 Å². The first-order chi connectivity index (χ1) is 8.44. The summed E-state index contributed by atoms with van der Waals surface area (Å²) in [6.45, 7) is 1.56. The van der Waals surface area contributed by atoms with Gasteiger partial charge >= 0.3 is 0 Å². The molecular formula is C11H13FN2O3S. The Morgan fingerprint density at radius 2 is 2.22 bits per heavy atom. The SMILES string of the molecule is CCC(C#N)S(=O)(=O)Nc1cc(OC)ccc1F. The zero-order valence-corrected chi connectivity index (χ0v) is 10.8. The Morgan fingerprint density at radius 3 is 2.72 bits per heavy atom. The molecule has 1 rings (SSSR count). The molecule has 0 radical (unpaired) electrons. The maximum absolute atomic E-state index is 13.4. The number of nitrogens with one attached hydrogen (secondary N) is 1. The highest BCUT2D eigenvalue weighted by Crippen LogP contribution is 2.23. The molecule has 0 saturated heterocycles. The molecule has 0 fully saturated rings. The van der Waals surface area contributed by atoms with Gasteiger partial charge in [-0.3, -0.25) is 4.72 Å². The lowest BCUT2D eigenvalue weighted by Crippen LogP contribution is -2.26. The standard InChI is InChI=1S/C11H13FN2O3S/c1-3-9(7-13)18(15,16)14-11-6-8(17-2)4-5-10(11)12/h4-6,9,14H,3H2,1-2H3. The van der Waals surface area contributed by atoms with Crippen molar-refractivity contribution >= 4 is 15.7 Å². The van der Waals surface area contributed by atoms with Crippen molar-refractivity contribution in [2.75, 3.05) is 11.8 Å². The van der Waals surface area contributed by atoms with Crippen LogP contribution in [0.15, 0.2) is 18.2 Å². The molecule has 18 heavy (non-hydrogen) atoms. The van der Waals surface area contributed by atoms with E-state index < -0.39 is 21.1 Å². The average Bonchev–Trinajstić information content (AvgIpc) is 2.33. The van der Waals surface area contributed by atoms with Crippen LogP contribution in [0.4, 0.5) is 10.1 Å². The fraction of sp³-hybridized carbons (Fsp3) is 0.364. The lowest BCUT2D eigenvalue weighted by Gasteiger charge is -2.12. The zero-order chi connectivity index (χ0) is 13.8. The Kier molecular flexibility index (Phi) is 4.50. The van der Waals surface area contributed by atoms with Crippen molar-refractivity contribution in [3.05, 3.63) is 24.0 Å². The van der Waals surface area contributed by atoms with Crippen molar-refractivity contribution in [1.29, 1.82) is 5.26 Å². The molecule has 1 aromatic carbocycles. The number of hydrogen-bond donors (Lipinski definition) is 1. The topological polar surface area (TPSA) is 79.2 Å². The van der Waals surface area contributed by atoms with Gasteiger partial charge in [-0.1, -0.05) is 6.92 Å². The summed E-state index contributed by atoms with van der Waals surface area (Å²) in [6, 6.07) is 5.33. The van der Waals surface area contributed by atoms with Gasteiger partial charge in [0.2, 0.25) is 10.0 Å². The maximum Gasteiger partial charge on any atom is 0.249 e. The molecule has 1 atom stereocenters. The molecule has 1 aromatic rings. The molecule has 1 N–H and O–H groups in total. The van der Waals surface area contributed by atoms with Crippen LogP contribution in [0, 0.1) is 17.1 Å². The quantitative estimate of drug-likeness (QED) is 0.887. The number of sulfonamides is 1. The van der Waals surface area contributed by atoms with Gasteiger partial charge in [0.15, 0.2) is 5.25 Å². The summed E-state index contributed by atoms with van der Waals surface area (Å²) in [6.07, 6.45) is 0.122. The van der Waals surface area contributed by atoms with E-state index in [-0.39, 0.29) is 12.1 Å². The van der Waals surface area contributed by atoms with E-state index in [9.17, 15) is 12.8 Å². The molecule has 0 amide bonds. The van der Waals surface area contributed by atoms with E-state index in [2.05, 4.69) is 4.72 Å². The maximum atomic E-state index is 13.4. The summed E-state index contributed by atoms with van der Waals surface area (Å²) in [4.78, 5) is 0. The molecule has 0 aliphatic carbocycles. The first-order valence-corrected chi connectivity index (χ1v) is 6.74. The summed E-state index contributed by atoms with van der Waals surface area (Å²) in [5, 5.41) is 7.50. The highest BCUT2D eigenvalue weighted by atomic mass is 32.2. The first kappa shape index (κ1) is 14.3. The largest absolute Gasteiger partial charge is 0.497 e. The molecule has 0 aliphatic heterocycles.